The highest BCUT2D eigenvalue weighted by atomic mass is 32.2. The van der Waals surface area contributed by atoms with Crippen LogP contribution in [-0.2, 0) is 19.6 Å². The Hall–Kier alpha value is -2.19. The van der Waals surface area contributed by atoms with Gasteiger partial charge >= 0.3 is 5.97 Å². The number of hydrogen-bond donors (Lipinski definition) is 1. The Balaban J connectivity index is 1.73. The number of piperazine rings is 1. The number of nitrogens with zero attached hydrogens (tertiary/aromatic N) is 2. The van der Waals surface area contributed by atoms with Gasteiger partial charge in [0.2, 0.25) is 15.9 Å². The number of carboxylic acid groups (broad SMARTS) is 1. The number of hydrogen-bond acceptors (Lipinski definition) is 4. The van der Waals surface area contributed by atoms with Crippen molar-refractivity contribution in [2.45, 2.75) is 45.4 Å². The average Bonchev–Trinajstić information content (AvgIpc) is 2.70. The highest BCUT2D eigenvalue weighted by molar-refractivity contribution is 7.89. The van der Waals surface area contributed by atoms with Crippen molar-refractivity contribution in [3.8, 4) is 0 Å². The molecule has 1 heterocycles. The molecule has 164 valence electrons. The van der Waals surface area contributed by atoms with Gasteiger partial charge in [-0.1, -0.05) is 23.3 Å². The van der Waals surface area contributed by atoms with Crippen LogP contribution in [0.4, 0.5) is 0 Å². The molecule has 0 aromatic heterocycles. The average molecular weight is 435 g/mol. The first-order valence-electron chi connectivity index (χ1n) is 10.3. The normalized spacial score (nSPS) is 23.5. The molecule has 0 radical (unpaired) electrons. The number of allylic oxidation sites excluding steroid dienone is 2. The molecule has 8 heteroatoms. The van der Waals surface area contributed by atoms with E-state index in [0.29, 0.717) is 23.3 Å². The van der Waals surface area contributed by atoms with E-state index >= 15 is 0 Å². The summed E-state index contributed by atoms with van der Waals surface area (Å²) in [5.41, 5.74) is 3.69. The second-order valence-corrected chi connectivity index (χ2v) is 10.4. The van der Waals surface area contributed by atoms with Crippen LogP contribution in [0.3, 0.4) is 0 Å². The Bertz CT molecular complexity index is 991. The van der Waals surface area contributed by atoms with Crippen molar-refractivity contribution in [2.24, 2.45) is 11.8 Å². The molecule has 2 unspecified atom stereocenters. The number of carbonyl (C=O) groups excluding carboxylic acids is 1. The Kier molecular flexibility index (Phi) is 6.38. The zero-order valence-corrected chi connectivity index (χ0v) is 18.8. The van der Waals surface area contributed by atoms with Crippen LogP contribution in [0.25, 0.3) is 0 Å². The number of benzene rings is 1. The van der Waals surface area contributed by atoms with Crippen LogP contribution in [0.1, 0.15) is 37.8 Å². The highest BCUT2D eigenvalue weighted by Gasteiger charge is 2.40. The molecule has 1 fully saturated rings. The minimum Gasteiger partial charge on any atom is -0.481 e. The minimum absolute atomic E-state index is 0.182. The maximum absolute atomic E-state index is 13.1. The molecule has 1 N–H and O–H groups in total. The van der Waals surface area contributed by atoms with E-state index in [0.717, 1.165) is 16.7 Å². The summed E-state index contributed by atoms with van der Waals surface area (Å²) in [6.07, 6.45) is 0.835. The molecule has 1 amide bonds. The summed E-state index contributed by atoms with van der Waals surface area (Å²) in [6, 6.07) is 5.36. The molecule has 1 aromatic carbocycles. The number of aliphatic carboxylic acids is 1. The largest absolute Gasteiger partial charge is 0.481 e. The first-order chi connectivity index (χ1) is 14.0. The van der Waals surface area contributed by atoms with Crippen LogP contribution in [0, 0.1) is 25.7 Å². The van der Waals surface area contributed by atoms with Crippen molar-refractivity contribution in [1.82, 2.24) is 9.21 Å². The van der Waals surface area contributed by atoms with Gasteiger partial charge in [-0.2, -0.15) is 4.31 Å². The van der Waals surface area contributed by atoms with Crippen molar-refractivity contribution < 1.29 is 23.1 Å². The van der Waals surface area contributed by atoms with Gasteiger partial charge in [0.25, 0.3) is 0 Å². The first-order valence-corrected chi connectivity index (χ1v) is 11.7. The van der Waals surface area contributed by atoms with Crippen LogP contribution in [-0.4, -0.2) is 60.8 Å². The van der Waals surface area contributed by atoms with Gasteiger partial charge in [0.1, 0.15) is 0 Å². The maximum Gasteiger partial charge on any atom is 0.307 e. The fraction of sp³-hybridized carbons (Fsp3) is 0.545. The molecule has 0 bridgehead atoms. The fourth-order valence-electron chi connectivity index (χ4n) is 4.32. The van der Waals surface area contributed by atoms with Crippen LogP contribution in [0.15, 0.2) is 34.2 Å². The van der Waals surface area contributed by atoms with E-state index < -0.39 is 27.8 Å². The molecule has 30 heavy (non-hydrogen) atoms. The monoisotopic (exact) mass is 434 g/mol. The number of carbonyl (C=O) groups is 2. The Morgan fingerprint density at radius 3 is 2.07 bits per heavy atom. The molecular formula is C22H30N2O5S. The molecule has 7 nitrogen and oxygen atoms in total. The zero-order chi connectivity index (χ0) is 22.2. The number of sulfonamides is 1. The van der Waals surface area contributed by atoms with E-state index in [2.05, 4.69) is 0 Å². The molecule has 1 aromatic rings. The third kappa shape index (κ3) is 4.30. The minimum atomic E-state index is -3.64. The number of aryl methyl sites for hydroxylation is 2. The van der Waals surface area contributed by atoms with Crippen molar-refractivity contribution in [3.05, 3.63) is 40.5 Å². The number of amides is 1. The van der Waals surface area contributed by atoms with E-state index in [4.69, 9.17) is 0 Å². The molecule has 2 atom stereocenters. The van der Waals surface area contributed by atoms with Crippen molar-refractivity contribution in [2.75, 3.05) is 26.2 Å². The quantitative estimate of drug-likeness (QED) is 0.735. The lowest BCUT2D eigenvalue weighted by atomic mass is 9.76. The van der Waals surface area contributed by atoms with Gasteiger partial charge in [-0.15, -0.1) is 0 Å². The standard InChI is InChI=1S/C22H30N2O5S/c1-14-5-6-15(2)20(11-14)30(28,29)24-9-7-23(8-10-24)21(25)18-12-16(3)17(4)13-19(18)22(26)27/h5-6,11,18-19H,7-10,12-13H2,1-4H3,(H,26,27). The first kappa shape index (κ1) is 22.5. The molecule has 0 spiro atoms. The van der Waals surface area contributed by atoms with Crippen LogP contribution < -0.4 is 0 Å². The maximum atomic E-state index is 13.1. The third-order valence-corrected chi connectivity index (χ3v) is 8.45. The van der Waals surface area contributed by atoms with Gasteiger partial charge < -0.3 is 10.0 Å². The van der Waals surface area contributed by atoms with E-state index in [9.17, 15) is 23.1 Å². The van der Waals surface area contributed by atoms with Crippen LogP contribution in [0.2, 0.25) is 0 Å². The molecule has 1 aliphatic heterocycles. The Morgan fingerprint density at radius 1 is 0.933 bits per heavy atom. The summed E-state index contributed by atoms with van der Waals surface area (Å²) in [6.45, 7) is 8.46. The second kappa shape index (κ2) is 8.51. The van der Waals surface area contributed by atoms with E-state index in [1.54, 1.807) is 24.0 Å². The summed E-state index contributed by atoms with van der Waals surface area (Å²) >= 11 is 0. The number of rotatable bonds is 4. The molecule has 3 rings (SSSR count). The predicted octanol–water partition coefficient (Wildman–Crippen LogP) is 2.58. The molecule has 1 aliphatic carbocycles. The summed E-state index contributed by atoms with van der Waals surface area (Å²) < 4.78 is 27.6. The van der Waals surface area contributed by atoms with Gasteiger partial charge in [-0.3, -0.25) is 9.59 Å². The second-order valence-electron chi connectivity index (χ2n) is 8.52. The summed E-state index contributed by atoms with van der Waals surface area (Å²) in [7, 11) is -3.64. The molecule has 1 saturated heterocycles. The predicted molar refractivity (Wildman–Crippen MR) is 113 cm³/mol. The van der Waals surface area contributed by atoms with Gasteiger partial charge in [0.15, 0.2) is 0 Å². The third-order valence-electron chi connectivity index (χ3n) is 6.41. The lowest BCUT2D eigenvalue weighted by Gasteiger charge is -2.38. The molecular weight excluding hydrogens is 404 g/mol. The zero-order valence-electron chi connectivity index (χ0n) is 18.0. The van der Waals surface area contributed by atoms with Crippen molar-refractivity contribution >= 4 is 21.9 Å². The lowest BCUT2D eigenvalue weighted by Crippen LogP contribution is -2.53. The van der Waals surface area contributed by atoms with E-state index in [1.807, 2.05) is 26.8 Å². The summed E-state index contributed by atoms with van der Waals surface area (Å²) in [5.74, 6) is -2.44. The van der Waals surface area contributed by atoms with Crippen molar-refractivity contribution in [1.29, 1.82) is 0 Å². The molecule has 2 aliphatic rings. The Morgan fingerprint density at radius 2 is 1.50 bits per heavy atom. The van der Waals surface area contributed by atoms with Crippen molar-refractivity contribution in [3.63, 3.8) is 0 Å². The highest BCUT2D eigenvalue weighted by Crippen LogP contribution is 2.35. The SMILES string of the molecule is CC1=C(C)CC(C(=O)N2CCN(S(=O)(=O)c3cc(C)ccc3C)CC2)C(C(=O)O)C1. The fourth-order valence-corrected chi connectivity index (χ4v) is 6.05. The summed E-state index contributed by atoms with van der Waals surface area (Å²) in [5, 5.41) is 9.60. The van der Waals surface area contributed by atoms with Crippen LogP contribution in [0.5, 0.6) is 0 Å². The van der Waals surface area contributed by atoms with Crippen LogP contribution >= 0.6 is 0 Å². The Labute approximate surface area is 178 Å². The topological polar surface area (TPSA) is 95.0 Å². The smallest absolute Gasteiger partial charge is 0.307 e. The molecule has 0 saturated carbocycles. The van der Waals surface area contributed by atoms with E-state index in [1.165, 1.54) is 4.31 Å². The summed E-state index contributed by atoms with van der Waals surface area (Å²) in [4.78, 5) is 26.8. The van der Waals surface area contributed by atoms with Gasteiger partial charge in [-0.05, 0) is 57.7 Å². The lowest BCUT2D eigenvalue weighted by molar-refractivity contribution is -0.151. The van der Waals surface area contributed by atoms with E-state index in [-0.39, 0.29) is 32.1 Å². The van der Waals surface area contributed by atoms with Gasteiger partial charge in [0.05, 0.1) is 16.7 Å². The van der Waals surface area contributed by atoms with Gasteiger partial charge in [-0.25, -0.2) is 8.42 Å². The van der Waals surface area contributed by atoms with Gasteiger partial charge in [0, 0.05) is 26.2 Å². The number of carboxylic acids is 1.